The molecule has 112 valence electrons. The van der Waals surface area contributed by atoms with Crippen LogP contribution in [0.15, 0.2) is 22.8 Å². The Labute approximate surface area is 121 Å². The molecule has 0 saturated carbocycles. The SMILES string of the molecule is COCC[C@@H]1CCOC12CCN(Cc1ccco1)CC2. The lowest BCUT2D eigenvalue weighted by Gasteiger charge is -2.42. The van der Waals surface area contributed by atoms with E-state index in [-0.39, 0.29) is 5.60 Å². The number of nitrogens with zero attached hydrogens (tertiary/aromatic N) is 1. The van der Waals surface area contributed by atoms with Crippen molar-refractivity contribution in [3.63, 3.8) is 0 Å². The van der Waals surface area contributed by atoms with E-state index < -0.39 is 0 Å². The van der Waals surface area contributed by atoms with Gasteiger partial charge in [-0.1, -0.05) is 0 Å². The summed E-state index contributed by atoms with van der Waals surface area (Å²) in [5.41, 5.74) is 0.123. The molecular weight excluding hydrogens is 254 g/mol. The highest BCUT2D eigenvalue weighted by Gasteiger charge is 2.45. The first kappa shape index (κ1) is 14.1. The molecular formula is C16H25NO3. The number of methoxy groups -OCH3 is 1. The molecule has 1 atom stereocenters. The molecule has 0 aromatic carbocycles. The van der Waals surface area contributed by atoms with E-state index in [1.54, 1.807) is 13.4 Å². The Hall–Kier alpha value is -0.840. The fourth-order valence-electron chi connectivity index (χ4n) is 3.72. The van der Waals surface area contributed by atoms with Crippen LogP contribution in [0.1, 0.15) is 31.4 Å². The zero-order valence-corrected chi connectivity index (χ0v) is 12.3. The molecule has 3 rings (SSSR count). The predicted octanol–water partition coefficient (Wildman–Crippen LogP) is 2.69. The van der Waals surface area contributed by atoms with Crippen LogP contribution in [0.5, 0.6) is 0 Å². The molecule has 0 N–H and O–H groups in total. The van der Waals surface area contributed by atoms with Crippen LogP contribution in [-0.4, -0.2) is 43.9 Å². The largest absolute Gasteiger partial charge is 0.468 e. The molecule has 0 unspecified atom stereocenters. The molecule has 1 aromatic heterocycles. The Kier molecular flexibility index (Phi) is 4.44. The Morgan fingerprint density at radius 2 is 2.25 bits per heavy atom. The van der Waals surface area contributed by atoms with Gasteiger partial charge in [-0.2, -0.15) is 0 Å². The van der Waals surface area contributed by atoms with Crippen molar-refractivity contribution in [3.8, 4) is 0 Å². The van der Waals surface area contributed by atoms with Crippen molar-refractivity contribution >= 4 is 0 Å². The van der Waals surface area contributed by atoms with Gasteiger partial charge in [0.05, 0.1) is 18.4 Å². The van der Waals surface area contributed by atoms with Crippen molar-refractivity contribution in [2.45, 2.75) is 37.8 Å². The summed E-state index contributed by atoms with van der Waals surface area (Å²) in [6, 6.07) is 4.01. The van der Waals surface area contributed by atoms with Crippen LogP contribution < -0.4 is 0 Å². The minimum absolute atomic E-state index is 0.123. The maximum atomic E-state index is 6.17. The third kappa shape index (κ3) is 2.92. The summed E-state index contributed by atoms with van der Waals surface area (Å²) in [6.07, 6.45) is 6.36. The second-order valence-electron chi connectivity index (χ2n) is 6.04. The maximum Gasteiger partial charge on any atom is 0.117 e. The zero-order chi connectivity index (χ0) is 13.8. The number of furan rings is 1. The quantitative estimate of drug-likeness (QED) is 0.830. The first-order chi connectivity index (χ1) is 9.82. The molecule has 2 aliphatic heterocycles. The van der Waals surface area contributed by atoms with Crippen molar-refractivity contribution < 1.29 is 13.9 Å². The highest BCUT2D eigenvalue weighted by molar-refractivity contribution is 5.01. The molecule has 0 aliphatic carbocycles. The Balaban J connectivity index is 1.54. The number of ether oxygens (including phenoxy) is 2. The smallest absolute Gasteiger partial charge is 0.117 e. The zero-order valence-electron chi connectivity index (χ0n) is 12.3. The molecule has 2 aliphatic rings. The standard InChI is InChI=1S/C16H25NO3/c1-18-11-4-14-5-12-20-16(14)6-8-17(9-7-16)13-15-3-2-10-19-15/h2-3,10,14H,4-9,11-13H2,1H3/t14-/m1/s1. The molecule has 0 bridgehead atoms. The summed E-state index contributed by atoms with van der Waals surface area (Å²) in [5, 5.41) is 0. The third-order valence-electron chi connectivity index (χ3n) is 4.93. The lowest BCUT2D eigenvalue weighted by atomic mass is 9.78. The van der Waals surface area contributed by atoms with Gasteiger partial charge in [-0.15, -0.1) is 0 Å². The predicted molar refractivity (Wildman–Crippen MR) is 76.5 cm³/mol. The second-order valence-corrected chi connectivity index (χ2v) is 6.04. The van der Waals surface area contributed by atoms with Gasteiger partial charge in [0.15, 0.2) is 0 Å². The molecule has 2 fully saturated rings. The van der Waals surface area contributed by atoms with Crippen molar-refractivity contribution in [3.05, 3.63) is 24.2 Å². The number of hydrogen-bond acceptors (Lipinski definition) is 4. The molecule has 0 amide bonds. The molecule has 1 aromatic rings. The first-order valence-electron chi connectivity index (χ1n) is 7.70. The van der Waals surface area contributed by atoms with Crippen LogP contribution in [0.2, 0.25) is 0 Å². The van der Waals surface area contributed by atoms with E-state index in [4.69, 9.17) is 13.9 Å². The van der Waals surface area contributed by atoms with Gasteiger partial charge in [0, 0.05) is 33.4 Å². The number of piperidine rings is 1. The molecule has 3 heterocycles. The van der Waals surface area contributed by atoms with Gasteiger partial charge in [0.25, 0.3) is 0 Å². The van der Waals surface area contributed by atoms with E-state index in [1.807, 2.05) is 6.07 Å². The van der Waals surface area contributed by atoms with Crippen LogP contribution in [0.25, 0.3) is 0 Å². The van der Waals surface area contributed by atoms with Crippen molar-refractivity contribution in [1.82, 2.24) is 4.90 Å². The summed E-state index contributed by atoms with van der Waals surface area (Å²) in [4.78, 5) is 2.47. The maximum absolute atomic E-state index is 6.17. The first-order valence-corrected chi connectivity index (χ1v) is 7.70. The van der Waals surface area contributed by atoms with Gasteiger partial charge in [-0.3, -0.25) is 4.90 Å². The molecule has 4 heteroatoms. The molecule has 20 heavy (non-hydrogen) atoms. The monoisotopic (exact) mass is 279 g/mol. The fourth-order valence-corrected chi connectivity index (χ4v) is 3.72. The molecule has 4 nitrogen and oxygen atoms in total. The summed E-state index contributed by atoms with van der Waals surface area (Å²) in [5.74, 6) is 1.73. The summed E-state index contributed by atoms with van der Waals surface area (Å²) in [7, 11) is 1.79. The van der Waals surface area contributed by atoms with Gasteiger partial charge >= 0.3 is 0 Å². The Morgan fingerprint density at radius 1 is 1.40 bits per heavy atom. The van der Waals surface area contributed by atoms with E-state index in [0.29, 0.717) is 5.92 Å². The molecule has 2 saturated heterocycles. The van der Waals surface area contributed by atoms with Crippen molar-refractivity contribution in [1.29, 1.82) is 0 Å². The van der Waals surface area contributed by atoms with E-state index in [1.165, 1.54) is 6.42 Å². The van der Waals surface area contributed by atoms with Gasteiger partial charge in [-0.05, 0) is 43.7 Å². The van der Waals surface area contributed by atoms with Crippen LogP contribution in [0.3, 0.4) is 0 Å². The van der Waals surface area contributed by atoms with Crippen LogP contribution in [0, 0.1) is 5.92 Å². The average Bonchev–Trinajstić information content (AvgIpc) is 3.10. The van der Waals surface area contributed by atoms with Crippen LogP contribution >= 0.6 is 0 Å². The number of likely N-dealkylation sites (tertiary alicyclic amines) is 1. The van der Waals surface area contributed by atoms with Crippen molar-refractivity contribution in [2.75, 3.05) is 33.4 Å². The van der Waals surface area contributed by atoms with Gasteiger partial charge < -0.3 is 13.9 Å². The van der Waals surface area contributed by atoms with Crippen molar-refractivity contribution in [2.24, 2.45) is 5.92 Å². The van der Waals surface area contributed by atoms with E-state index >= 15 is 0 Å². The van der Waals surface area contributed by atoms with Gasteiger partial charge in [-0.25, -0.2) is 0 Å². The van der Waals surface area contributed by atoms with Gasteiger partial charge in [0.2, 0.25) is 0 Å². The van der Waals surface area contributed by atoms with Crippen LogP contribution in [0.4, 0.5) is 0 Å². The van der Waals surface area contributed by atoms with E-state index in [2.05, 4.69) is 11.0 Å². The topological polar surface area (TPSA) is 34.8 Å². The summed E-state index contributed by atoms with van der Waals surface area (Å²) >= 11 is 0. The highest BCUT2D eigenvalue weighted by atomic mass is 16.5. The second kappa shape index (κ2) is 6.29. The molecule has 0 radical (unpaired) electrons. The lowest BCUT2D eigenvalue weighted by molar-refractivity contribution is -0.0727. The Morgan fingerprint density at radius 3 is 2.95 bits per heavy atom. The third-order valence-corrected chi connectivity index (χ3v) is 4.93. The fraction of sp³-hybridized carbons (Fsp3) is 0.750. The normalized spacial score (nSPS) is 26.4. The molecule has 1 spiro atoms. The van der Waals surface area contributed by atoms with E-state index in [0.717, 1.165) is 57.9 Å². The summed E-state index contributed by atoms with van der Waals surface area (Å²) in [6.45, 7) is 4.90. The minimum Gasteiger partial charge on any atom is -0.468 e. The van der Waals surface area contributed by atoms with Crippen LogP contribution in [-0.2, 0) is 16.0 Å². The Bertz CT molecular complexity index is 396. The minimum atomic E-state index is 0.123. The number of hydrogen-bond donors (Lipinski definition) is 0. The summed E-state index contributed by atoms with van der Waals surface area (Å²) < 4.78 is 16.9. The van der Waals surface area contributed by atoms with Gasteiger partial charge in [0.1, 0.15) is 5.76 Å². The van der Waals surface area contributed by atoms with E-state index in [9.17, 15) is 0 Å². The lowest BCUT2D eigenvalue weighted by Crippen LogP contribution is -2.47. The number of rotatable bonds is 5. The average molecular weight is 279 g/mol. The highest BCUT2D eigenvalue weighted by Crippen LogP contribution is 2.42.